The fraction of sp³-hybridized carbons (Fsp3) is 0.100. The van der Waals surface area contributed by atoms with E-state index < -0.39 is 22.7 Å². The molecule has 0 atom stereocenters. The van der Waals surface area contributed by atoms with Gasteiger partial charge in [-0.15, -0.1) is 0 Å². The standard InChI is InChI=1S/C10H4N4O2/c1-6(2-11)7(3-12)8(4-13)9(5-14)10(15)16/h1H3,(H,15,16)/b7-6-,9-8+. The molecule has 0 unspecified atom stereocenters. The zero-order valence-corrected chi connectivity index (χ0v) is 8.14. The van der Waals surface area contributed by atoms with Gasteiger partial charge in [-0.2, -0.15) is 21.0 Å². The van der Waals surface area contributed by atoms with Gasteiger partial charge in [0.25, 0.3) is 0 Å². The Bertz CT molecular complexity index is 556. The lowest BCUT2D eigenvalue weighted by molar-refractivity contribution is -0.132. The van der Waals surface area contributed by atoms with Gasteiger partial charge >= 0.3 is 5.97 Å². The first-order chi connectivity index (χ1) is 7.53. The average molecular weight is 212 g/mol. The van der Waals surface area contributed by atoms with Crippen LogP contribution in [0.25, 0.3) is 0 Å². The second kappa shape index (κ2) is 5.60. The van der Waals surface area contributed by atoms with Gasteiger partial charge < -0.3 is 5.11 Å². The molecule has 0 saturated carbocycles. The van der Waals surface area contributed by atoms with Crippen molar-refractivity contribution in [3.8, 4) is 24.3 Å². The van der Waals surface area contributed by atoms with Crippen molar-refractivity contribution in [2.75, 3.05) is 0 Å². The third-order valence-electron chi connectivity index (χ3n) is 1.59. The number of carboxylic acids is 1. The van der Waals surface area contributed by atoms with E-state index in [0.29, 0.717) is 0 Å². The lowest BCUT2D eigenvalue weighted by Crippen LogP contribution is -2.04. The monoisotopic (exact) mass is 212 g/mol. The molecule has 6 nitrogen and oxygen atoms in total. The topological polar surface area (TPSA) is 132 Å². The van der Waals surface area contributed by atoms with Gasteiger partial charge in [0, 0.05) is 5.57 Å². The molecule has 0 aromatic rings. The highest BCUT2D eigenvalue weighted by Crippen LogP contribution is 2.17. The third kappa shape index (κ3) is 2.45. The van der Waals surface area contributed by atoms with Crippen LogP contribution in [-0.2, 0) is 4.79 Å². The Morgan fingerprint density at radius 3 is 1.56 bits per heavy atom. The first-order valence-electron chi connectivity index (χ1n) is 3.82. The summed E-state index contributed by atoms with van der Waals surface area (Å²) in [6.45, 7) is 1.26. The largest absolute Gasteiger partial charge is 0.477 e. The van der Waals surface area contributed by atoms with Crippen LogP contribution in [0, 0.1) is 45.3 Å². The Morgan fingerprint density at radius 1 is 0.875 bits per heavy atom. The number of rotatable bonds is 2. The summed E-state index contributed by atoms with van der Waals surface area (Å²) in [7, 11) is 0. The summed E-state index contributed by atoms with van der Waals surface area (Å²) in [5.41, 5.74) is -1.97. The highest BCUT2D eigenvalue weighted by atomic mass is 16.4. The molecular weight excluding hydrogens is 208 g/mol. The maximum atomic E-state index is 10.6. The van der Waals surface area contributed by atoms with E-state index in [4.69, 9.17) is 26.2 Å². The van der Waals surface area contributed by atoms with E-state index in [1.807, 2.05) is 0 Å². The predicted molar refractivity (Wildman–Crippen MR) is 49.8 cm³/mol. The minimum absolute atomic E-state index is 0.118. The number of carbonyl (C=O) groups is 1. The van der Waals surface area contributed by atoms with E-state index in [1.54, 1.807) is 6.07 Å². The molecule has 0 radical (unpaired) electrons. The zero-order valence-electron chi connectivity index (χ0n) is 8.14. The Kier molecular flexibility index (Phi) is 4.52. The van der Waals surface area contributed by atoms with Crippen molar-refractivity contribution in [3.63, 3.8) is 0 Å². The number of hydrogen-bond acceptors (Lipinski definition) is 5. The van der Waals surface area contributed by atoms with Crippen molar-refractivity contribution < 1.29 is 9.90 Å². The highest BCUT2D eigenvalue weighted by molar-refractivity contribution is 5.94. The zero-order chi connectivity index (χ0) is 12.7. The quantitative estimate of drug-likeness (QED) is 0.408. The van der Waals surface area contributed by atoms with Gasteiger partial charge in [-0.1, -0.05) is 0 Å². The molecule has 6 heteroatoms. The van der Waals surface area contributed by atoms with E-state index in [-0.39, 0.29) is 5.57 Å². The van der Waals surface area contributed by atoms with Crippen molar-refractivity contribution in [2.45, 2.75) is 6.92 Å². The summed E-state index contributed by atoms with van der Waals surface area (Å²) in [4.78, 5) is 10.6. The predicted octanol–water partition coefficient (Wildman–Crippen LogP) is 0.778. The summed E-state index contributed by atoms with van der Waals surface area (Å²) >= 11 is 0. The summed E-state index contributed by atoms with van der Waals surface area (Å²) < 4.78 is 0. The Morgan fingerprint density at radius 2 is 1.31 bits per heavy atom. The molecule has 0 aromatic heterocycles. The fourth-order valence-electron chi connectivity index (χ4n) is 0.831. The second-order valence-corrected chi connectivity index (χ2v) is 2.50. The van der Waals surface area contributed by atoms with Crippen LogP contribution in [0.15, 0.2) is 22.3 Å². The SMILES string of the molecule is C/C(C#N)=C(C#N)/C(C#N)=C(\C#N)C(=O)O. The molecule has 0 saturated heterocycles. The molecular formula is C10H4N4O2. The average Bonchev–Trinajstić information content (AvgIpc) is 2.27. The molecule has 0 bridgehead atoms. The molecule has 16 heavy (non-hydrogen) atoms. The van der Waals surface area contributed by atoms with Crippen molar-refractivity contribution in [3.05, 3.63) is 22.3 Å². The smallest absolute Gasteiger partial charge is 0.347 e. The van der Waals surface area contributed by atoms with Crippen LogP contribution in [0.2, 0.25) is 0 Å². The van der Waals surface area contributed by atoms with Crippen LogP contribution in [0.1, 0.15) is 6.92 Å². The highest BCUT2D eigenvalue weighted by Gasteiger charge is 2.19. The van der Waals surface area contributed by atoms with Crippen LogP contribution in [0.3, 0.4) is 0 Å². The normalized spacial score (nSPS) is 11.8. The number of carboxylic acid groups (broad SMARTS) is 1. The summed E-state index contributed by atoms with van der Waals surface area (Å²) in [5, 5.41) is 43.1. The van der Waals surface area contributed by atoms with E-state index in [2.05, 4.69) is 0 Å². The molecule has 0 heterocycles. The first kappa shape index (κ1) is 12.9. The van der Waals surface area contributed by atoms with Gasteiger partial charge in [-0.25, -0.2) is 4.79 Å². The van der Waals surface area contributed by atoms with Gasteiger partial charge in [0.1, 0.15) is 18.2 Å². The number of aliphatic carboxylic acids is 1. The van der Waals surface area contributed by atoms with E-state index in [1.165, 1.54) is 25.1 Å². The van der Waals surface area contributed by atoms with E-state index in [0.717, 1.165) is 0 Å². The van der Waals surface area contributed by atoms with Gasteiger partial charge in [0.05, 0.1) is 17.2 Å². The van der Waals surface area contributed by atoms with Crippen LogP contribution >= 0.6 is 0 Å². The molecule has 0 spiro atoms. The molecule has 0 aliphatic rings. The molecule has 1 N–H and O–H groups in total. The minimum Gasteiger partial charge on any atom is -0.477 e. The van der Waals surface area contributed by atoms with Gasteiger partial charge in [0.15, 0.2) is 5.57 Å². The van der Waals surface area contributed by atoms with Gasteiger partial charge in [-0.05, 0) is 6.92 Å². The molecule has 0 aliphatic carbocycles. The minimum atomic E-state index is -1.61. The summed E-state index contributed by atoms with van der Waals surface area (Å²) in [6, 6.07) is 5.91. The second-order valence-electron chi connectivity index (χ2n) is 2.50. The lowest BCUT2D eigenvalue weighted by atomic mass is 9.99. The third-order valence-corrected chi connectivity index (χ3v) is 1.59. The number of allylic oxidation sites excluding steroid dienone is 3. The number of nitrogens with zero attached hydrogens (tertiary/aromatic N) is 4. The van der Waals surface area contributed by atoms with E-state index >= 15 is 0 Å². The fourth-order valence-corrected chi connectivity index (χ4v) is 0.831. The maximum absolute atomic E-state index is 10.6. The molecule has 0 amide bonds. The Balaban J connectivity index is 6.19. The Labute approximate surface area is 91.2 Å². The van der Waals surface area contributed by atoms with Crippen molar-refractivity contribution in [2.24, 2.45) is 0 Å². The van der Waals surface area contributed by atoms with Crippen LogP contribution in [-0.4, -0.2) is 11.1 Å². The lowest BCUT2D eigenvalue weighted by Gasteiger charge is -1.98. The molecule has 76 valence electrons. The van der Waals surface area contributed by atoms with Crippen LogP contribution < -0.4 is 0 Å². The summed E-state index contributed by atoms with van der Waals surface area (Å²) in [5.74, 6) is -1.61. The molecule has 0 rings (SSSR count). The van der Waals surface area contributed by atoms with Gasteiger partial charge in [-0.3, -0.25) is 0 Å². The number of hydrogen-bond donors (Lipinski definition) is 1. The first-order valence-corrected chi connectivity index (χ1v) is 3.82. The van der Waals surface area contributed by atoms with Crippen molar-refractivity contribution in [1.29, 1.82) is 21.0 Å². The van der Waals surface area contributed by atoms with Gasteiger partial charge in [0.2, 0.25) is 0 Å². The molecule has 0 fully saturated rings. The molecule has 0 aliphatic heterocycles. The van der Waals surface area contributed by atoms with Crippen LogP contribution in [0.4, 0.5) is 0 Å². The molecule has 0 aromatic carbocycles. The Hall–Kier alpha value is -3.09. The van der Waals surface area contributed by atoms with E-state index in [9.17, 15) is 4.79 Å². The van der Waals surface area contributed by atoms with Crippen LogP contribution in [0.5, 0.6) is 0 Å². The van der Waals surface area contributed by atoms with Crippen molar-refractivity contribution in [1.82, 2.24) is 0 Å². The van der Waals surface area contributed by atoms with Crippen molar-refractivity contribution >= 4 is 5.97 Å². The maximum Gasteiger partial charge on any atom is 0.347 e. The number of nitriles is 4. The summed E-state index contributed by atoms with van der Waals surface area (Å²) in [6.07, 6.45) is 0.